The van der Waals surface area contributed by atoms with Crippen LogP contribution in [0.3, 0.4) is 0 Å². The third kappa shape index (κ3) is 14.5. The summed E-state index contributed by atoms with van der Waals surface area (Å²) in [5.74, 6) is 0.674. The summed E-state index contributed by atoms with van der Waals surface area (Å²) in [6.45, 7) is 29.1. The van der Waals surface area contributed by atoms with Crippen molar-refractivity contribution in [1.29, 1.82) is 0 Å². The molecular weight excluding hydrogens is 1360 g/mol. The van der Waals surface area contributed by atoms with Crippen molar-refractivity contribution in [3.63, 3.8) is 0 Å². The molecule has 0 fully saturated rings. The Morgan fingerprint density at radius 3 is 1.80 bits per heavy atom. The molecule has 0 spiro atoms. The van der Waals surface area contributed by atoms with Gasteiger partial charge in [-0.05, 0) is 283 Å². The van der Waals surface area contributed by atoms with Gasteiger partial charge in [-0.3, -0.25) is 0 Å². The average Bonchev–Trinajstić information content (AvgIpc) is 1.91. The van der Waals surface area contributed by atoms with E-state index in [4.69, 9.17) is 0 Å². The lowest BCUT2D eigenvalue weighted by atomic mass is 9.75. The van der Waals surface area contributed by atoms with Crippen LogP contribution in [0, 0.1) is 61.3 Å². The van der Waals surface area contributed by atoms with E-state index in [1.54, 1.807) is 5.56 Å². The van der Waals surface area contributed by atoms with E-state index in [-0.39, 0.29) is 5.92 Å². The van der Waals surface area contributed by atoms with Crippen molar-refractivity contribution in [3.05, 3.63) is 411 Å². The van der Waals surface area contributed by atoms with E-state index in [1.807, 2.05) is 40.9 Å². The molecule has 20 rings (SSSR count). The van der Waals surface area contributed by atoms with E-state index < -0.39 is 0 Å². The Morgan fingerprint density at radius 1 is 0.373 bits per heavy atom. The lowest BCUT2D eigenvalue weighted by molar-refractivity contribution is 0.514. The molecule has 18 aromatic rings. The Bertz CT molecular complexity index is 6710. The molecule has 0 nitrogen and oxygen atoms in total. The van der Waals surface area contributed by atoms with Crippen LogP contribution in [0.1, 0.15) is 106 Å². The first kappa shape index (κ1) is 72.4. The summed E-state index contributed by atoms with van der Waals surface area (Å²) in [7, 11) is 0. The van der Waals surface area contributed by atoms with Crippen LogP contribution in [-0.4, -0.2) is 0 Å². The summed E-state index contributed by atoms with van der Waals surface area (Å²) in [5.41, 5.74) is 26.0. The maximum Gasteiger partial charge on any atom is 0.0361 e. The monoisotopic (exact) mass is 1450 g/mol. The lowest BCUT2D eigenvalue weighted by Gasteiger charge is -2.28. The Morgan fingerprint density at radius 2 is 0.982 bits per heavy atom. The van der Waals surface area contributed by atoms with E-state index >= 15 is 0 Å². The van der Waals surface area contributed by atoms with Crippen LogP contribution >= 0.6 is 22.7 Å². The van der Waals surface area contributed by atoms with Crippen molar-refractivity contribution in [2.24, 2.45) is 5.92 Å². The predicted molar refractivity (Wildman–Crippen MR) is 489 cm³/mol. The molecule has 2 atom stereocenters. The van der Waals surface area contributed by atoms with Crippen LogP contribution in [0.2, 0.25) is 0 Å². The van der Waals surface area contributed by atoms with Crippen molar-refractivity contribution in [1.82, 2.24) is 0 Å². The number of hydrogen-bond acceptors (Lipinski definition) is 2. The van der Waals surface area contributed by atoms with Gasteiger partial charge < -0.3 is 0 Å². The number of hydrogen-bond donors (Lipinski definition) is 0. The van der Waals surface area contributed by atoms with Crippen molar-refractivity contribution in [2.45, 2.75) is 87.0 Å². The van der Waals surface area contributed by atoms with Gasteiger partial charge in [0.15, 0.2) is 0 Å². The van der Waals surface area contributed by atoms with Gasteiger partial charge in [-0.25, -0.2) is 0 Å². The summed E-state index contributed by atoms with van der Waals surface area (Å²) in [5, 5.41) is 21.3. The van der Waals surface area contributed by atoms with Crippen LogP contribution in [0.5, 0.6) is 0 Å². The fourth-order valence-electron chi connectivity index (χ4n) is 17.4. The molecular formula is C108H92S2. The third-order valence-corrected chi connectivity index (χ3v) is 25.3. The molecule has 2 heterocycles. The van der Waals surface area contributed by atoms with Gasteiger partial charge in [0.05, 0.1) is 0 Å². The maximum atomic E-state index is 3.89. The first-order valence-electron chi connectivity index (χ1n) is 38.7. The Labute approximate surface area is 656 Å². The second kappa shape index (κ2) is 31.4. The zero-order chi connectivity index (χ0) is 75.7. The van der Waals surface area contributed by atoms with Gasteiger partial charge in [0.1, 0.15) is 0 Å². The number of thiophene rings is 2. The Kier molecular flexibility index (Phi) is 20.7. The Hall–Kier alpha value is -11.8. The lowest BCUT2D eigenvalue weighted by Crippen LogP contribution is -2.16. The third-order valence-electron chi connectivity index (χ3n) is 23.0. The minimum absolute atomic E-state index is 0.225. The second-order valence-electron chi connectivity index (χ2n) is 30.3. The second-order valence-corrected chi connectivity index (χ2v) is 32.5. The highest BCUT2D eigenvalue weighted by Gasteiger charge is 2.34. The summed E-state index contributed by atoms with van der Waals surface area (Å²) in [4.78, 5) is 0. The fourth-order valence-corrected chi connectivity index (χ4v) is 19.7. The van der Waals surface area contributed by atoms with E-state index in [1.165, 1.54) is 205 Å². The molecule has 0 amide bonds. The number of allylic oxidation sites excluding steroid dienone is 3. The molecule has 0 radical (unpaired) electrons. The van der Waals surface area contributed by atoms with Crippen LogP contribution < -0.4 is 0 Å². The molecule has 536 valence electrons. The highest BCUT2D eigenvalue weighted by atomic mass is 32.1. The van der Waals surface area contributed by atoms with Crippen LogP contribution in [0.25, 0.3) is 135 Å². The molecule has 110 heavy (non-hydrogen) atoms. The number of fused-ring (bicyclic) bond motifs is 16. The van der Waals surface area contributed by atoms with E-state index in [9.17, 15) is 0 Å². The topological polar surface area (TPSA) is 0 Å². The van der Waals surface area contributed by atoms with Gasteiger partial charge in [0, 0.05) is 46.3 Å². The molecule has 2 aromatic heterocycles. The quantitative estimate of drug-likeness (QED) is 0.126. The molecule has 0 saturated carbocycles. The van der Waals surface area contributed by atoms with Gasteiger partial charge >= 0.3 is 0 Å². The average molecular weight is 1450 g/mol. The zero-order valence-electron chi connectivity index (χ0n) is 64.4. The smallest absolute Gasteiger partial charge is 0.0361 e. The Balaban J connectivity index is 0.000000131. The predicted octanol–water partition coefficient (Wildman–Crippen LogP) is 30.9. The molecule has 0 bridgehead atoms. The van der Waals surface area contributed by atoms with Gasteiger partial charge in [-0.2, -0.15) is 0 Å². The molecule has 0 saturated heterocycles. The first-order valence-corrected chi connectivity index (χ1v) is 40.4. The highest BCUT2D eigenvalue weighted by Crippen LogP contribution is 2.49. The van der Waals surface area contributed by atoms with Crippen molar-refractivity contribution < 1.29 is 0 Å². The summed E-state index contributed by atoms with van der Waals surface area (Å²) in [6, 6.07) is 103. The molecule has 16 aromatic carbocycles. The van der Waals surface area contributed by atoms with E-state index in [0.29, 0.717) is 5.92 Å². The van der Waals surface area contributed by atoms with Gasteiger partial charge in [0.2, 0.25) is 0 Å². The molecule has 2 aliphatic rings. The van der Waals surface area contributed by atoms with E-state index in [0.717, 1.165) is 25.7 Å². The van der Waals surface area contributed by atoms with Crippen LogP contribution in [0.15, 0.2) is 311 Å². The summed E-state index contributed by atoms with van der Waals surface area (Å²) < 4.78 is 5.47. The SMILES string of the molecule is C=Cc1ccc2c(ccc3ccc(C)cc32)c1.C=Cc1cccc2cc(C)ccc12.C=Cc1cccc2sc3ccc(C)cc3c12.Cc1cccc2c1CC(C(/C(=C/Cc1cccc3c(C)cccc13)c1ccc3c(c1)cc(C)c1ccccc13)c1ccc3c(c1)sc1cccc(C)c13)C2.Cc1cccc2c1CC=C2. The minimum Gasteiger partial charge on any atom is -0.135 e. The van der Waals surface area contributed by atoms with Gasteiger partial charge in [-0.15, -0.1) is 22.7 Å². The number of benzene rings is 16. The van der Waals surface area contributed by atoms with Crippen molar-refractivity contribution in [2.75, 3.05) is 0 Å². The van der Waals surface area contributed by atoms with Crippen molar-refractivity contribution in [3.8, 4) is 0 Å². The largest absolute Gasteiger partial charge is 0.135 e. The standard InChI is InChI=1S/C53H44S.C17H14.C15H12S.C13H12.C10H10/c1-32-12-8-19-44-36(14-10-18-42(32)44)21-25-46(38-22-24-45-40(28-38)27-35(4)43-16-5-6-17-47(43)45)53(41-29-37-15-7-11-33(2)49(37)30-41)39-23-26-48-51(31-39)54-50-20-9-13-34(3)52(48)50;1-3-13-5-9-16-15(11-13)8-7-14-6-4-12(2)10-17(14)16;1-3-11-5-4-6-14-15(11)12-9-10(2)7-8-13(12)16-14;1-3-11-5-4-6-12-9-10(2)7-8-13(11)12;1-8-4-2-5-9-6-3-7-10(8)9/h5-20,22-28,31,41,53H,21,29-30H2,1-4H3;3-11H,1H2,2H3;3-9H,1H2,2H3;3-9H,1H2,2H3;2-6H,7H2,1H3/b46-25+;;;;. The number of aryl methyl sites for hydroxylation is 8. The summed E-state index contributed by atoms with van der Waals surface area (Å²) in [6.07, 6.45) is 16.9. The summed E-state index contributed by atoms with van der Waals surface area (Å²) >= 11 is 3.80. The molecule has 2 heteroatoms. The zero-order valence-corrected chi connectivity index (χ0v) is 66.1. The van der Waals surface area contributed by atoms with Crippen LogP contribution in [-0.2, 0) is 25.7 Å². The number of rotatable bonds is 9. The van der Waals surface area contributed by atoms with E-state index in [2.05, 4.69) is 372 Å². The highest BCUT2D eigenvalue weighted by molar-refractivity contribution is 7.26. The van der Waals surface area contributed by atoms with Gasteiger partial charge in [0.25, 0.3) is 0 Å². The van der Waals surface area contributed by atoms with Crippen molar-refractivity contribution >= 4 is 158 Å². The maximum absolute atomic E-state index is 3.89. The first-order chi connectivity index (χ1) is 53.7. The molecule has 0 N–H and O–H groups in total. The minimum atomic E-state index is 0.225. The fraction of sp³-hybridized carbons (Fsp3) is 0.130. The van der Waals surface area contributed by atoms with Crippen LogP contribution in [0.4, 0.5) is 0 Å². The molecule has 0 aliphatic heterocycles. The molecule has 2 aliphatic carbocycles. The van der Waals surface area contributed by atoms with Gasteiger partial charge in [-0.1, -0.05) is 309 Å². The normalized spacial score (nSPS) is 13.2. The molecule has 2 unspecified atom stereocenters.